The van der Waals surface area contributed by atoms with E-state index in [1.807, 2.05) is 0 Å². The van der Waals surface area contributed by atoms with Gasteiger partial charge in [0.25, 0.3) is 5.91 Å². The van der Waals surface area contributed by atoms with Gasteiger partial charge in [0.1, 0.15) is 17.7 Å². The van der Waals surface area contributed by atoms with Crippen molar-refractivity contribution in [1.29, 1.82) is 0 Å². The Hall–Kier alpha value is -2.62. The molecule has 1 aromatic carbocycles. The molecule has 32 heavy (non-hydrogen) atoms. The number of aliphatic hydroxyl groups is 1. The summed E-state index contributed by atoms with van der Waals surface area (Å²) in [5.74, 6) is -1.38. The molecule has 1 fully saturated rings. The highest BCUT2D eigenvalue weighted by Crippen LogP contribution is 2.42. The minimum absolute atomic E-state index is 0.0631. The van der Waals surface area contributed by atoms with Gasteiger partial charge < -0.3 is 10.4 Å². The van der Waals surface area contributed by atoms with E-state index in [2.05, 4.69) is 20.5 Å². The number of hydrogen-bond donors (Lipinski definition) is 2. The zero-order chi connectivity index (χ0) is 22.9. The van der Waals surface area contributed by atoms with Crippen molar-refractivity contribution in [1.82, 2.24) is 25.3 Å². The summed E-state index contributed by atoms with van der Waals surface area (Å²) in [6.07, 6.45) is 3.43. The molecule has 1 amide bonds. The van der Waals surface area contributed by atoms with Crippen molar-refractivity contribution in [3.05, 3.63) is 70.0 Å². The standard InChI is InChI=1S/C21H19Cl2F2N5O2/c22-12-10-16(30-27-8-9-28-30)18(26-11-12)20(31)29-19(14-2-1-3-15(25)17(14)23)21(32)6-4-13(24)5-7-21/h1-3,8-11,13,19,32H,4-7H2,(H,29,31)/t13-,19?,21-. The van der Waals surface area contributed by atoms with Crippen LogP contribution in [0, 0.1) is 5.82 Å². The van der Waals surface area contributed by atoms with Crippen LogP contribution in [-0.4, -0.2) is 42.8 Å². The van der Waals surface area contributed by atoms with Gasteiger partial charge in [0.2, 0.25) is 0 Å². The normalized spacial score (nSPS) is 21.8. The van der Waals surface area contributed by atoms with Crippen LogP contribution in [0.2, 0.25) is 10.0 Å². The van der Waals surface area contributed by atoms with Crippen LogP contribution >= 0.6 is 23.2 Å². The van der Waals surface area contributed by atoms with Crippen LogP contribution in [0.1, 0.15) is 47.8 Å². The first-order valence-corrected chi connectivity index (χ1v) is 10.7. The summed E-state index contributed by atoms with van der Waals surface area (Å²) in [5, 5.41) is 22.2. The number of hydrogen-bond acceptors (Lipinski definition) is 5. The van der Waals surface area contributed by atoms with E-state index in [0.29, 0.717) is 0 Å². The Balaban J connectivity index is 1.74. The van der Waals surface area contributed by atoms with E-state index >= 15 is 0 Å². The second-order valence-corrected chi connectivity index (χ2v) is 8.48. The highest BCUT2D eigenvalue weighted by Gasteiger charge is 2.43. The van der Waals surface area contributed by atoms with Gasteiger partial charge >= 0.3 is 0 Å². The molecule has 4 rings (SSSR count). The SMILES string of the molecule is O=C(NC(c1cccc(F)c1Cl)[C@]1(O)CC[C@H](F)CC1)c1ncc(Cl)cc1-n1nccn1. The van der Waals surface area contributed by atoms with Gasteiger partial charge in [-0.25, -0.2) is 13.8 Å². The molecule has 3 aromatic rings. The van der Waals surface area contributed by atoms with E-state index in [-0.39, 0.29) is 52.7 Å². The molecular formula is C21H19Cl2F2N5O2. The Kier molecular flexibility index (Phi) is 6.41. The topological polar surface area (TPSA) is 92.9 Å². The molecule has 0 saturated heterocycles. The summed E-state index contributed by atoms with van der Waals surface area (Å²) < 4.78 is 28.0. The van der Waals surface area contributed by atoms with Gasteiger partial charge in [-0.05, 0) is 43.4 Å². The van der Waals surface area contributed by atoms with Gasteiger partial charge in [0.15, 0.2) is 5.69 Å². The molecule has 2 aromatic heterocycles. The molecule has 1 aliphatic carbocycles. The average molecular weight is 482 g/mol. The van der Waals surface area contributed by atoms with E-state index in [0.717, 1.165) is 0 Å². The lowest BCUT2D eigenvalue weighted by atomic mass is 9.76. The number of carbonyl (C=O) groups excluding carboxylic acids is 1. The van der Waals surface area contributed by atoms with Crippen molar-refractivity contribution >= 4 is 29.1 Å². The molecule has 2 N–H and O–H groups in total. The number of alkyl halides is 1. The Bertz CT molecular complexity index is 1120. The maximum atomic E-state index is 14.2. The van der Waals surface area contributed by atoms with Crippen molar-refractivity contribution in [2.24, 2.45) is 0 Å². The first kappa shape index (κ1) is 22.6. The number of benzene rings is 1. The quantitative estimate of drug-likeness (QED) is 0.568. The summed E-state index contributed by atoms with van der Waals surface area (Å²) in [4.78, 5) is 18.6. The first-order chi connectivity index (χ1) is 15.3. The molecule has 0 radical (unpaired) electrons. The summed E-state index contributed by atoms with van der Waals surface area (Å²) in [6.45, 7) is 0. The molecule has 1 atom stereocenters. The van der Waals surface area contributed by atoms with Crippen molar-refractivity contribution in [2.45, 2.75) is 43.5 Å². The molecular weight excluding hydrogens is 463 g/mol. The molecule has 11 heteroatoms. The fourth-order valence-electron chi connectivity index (χ4n) is 3.91. The smallest absolute Gasteiger partial charge is 0.272 e. The van der Waals surface area contributed by atoms with E-state index in [1.165, 1.54) is 47.7 Å². The van der Waals surface area contributed by atoms with E-state index in [9.17, 15) is 18.7 Å². The molecule has 2 heterocycles. The van der Waals surface area contributed by atoms with Crippen molar-refractivity contribution in [2.75, 3.05) is 0 Å². The lowest BCUT2D eigenvalue weighted by Gasteiger charge is -2.41. The van der Waals surface area contributed by atoms with Crippen LogP contribution in [-0.2, 0) is 0 Å². The lowest BCUT2D eigenvalue weighted by Crippen LogP contribution is -2.49. The maximum Gasteiger partial charge on any atom is 0.272 e. The Labute approximate surface area is 192 Å². The third kappa shape index (κ3) is 4.46. The number of amides is 1. The fourth-order valence-corrected chi connectivity index (χ4v) is 4.30. The number of aromatic nitrogens is 4. The Morgan fingerprint density at radius 1 is 1.25 bits per heavy atom. The molecule has 0 aliphatic heterocycles. The first-order valence-electron chi connectivity index (χ1n) is 9.92. The van der Waals surface area contributed by atoms with Gasteiger partial charge in [-0.15, -0.1) is 4.80 Å². The second kappa shape index (κ2) is 9.09. The predicted molar refractivity (Wildman–Crippen MR) is 114 cm³/mol. The number of nitrogens with zero attached hydrogens (tertiary/aromatic N) is 4. The lowest BCUT2D eigenvalue weighted by molar-refractivity contribution is -0.0446. The third-order valence-corrected chi connectivity index (χ3v) is 6.18. The zero-order valence-electron chi connectivity index (χ0n) is 16.7. The summed E-state index contributed by atoms with van der Waals surface area (Å²) in [5.41, 5.74) is -1.20. The Morgan fingerprint density at radius 3 is 2.62 bits per heavy atom. The zero-order valence-corrected chi connectivity index (χ0v) is 18.2. The van der Waals surface area contributed by atoms with Crippen LogP contribution in [0.5, 0.6) is 0 Å². The van der Waals surface area contributed by atoms with E-state index < -0.39 is 29.5 Å². The molecule has 1 aliphatic rings. The average Bonchev–Trinajstić information content (AvgIpc) is 3.31. The third-order valence-electron chi connectivity index (χ3n) is 5.57. The number of nitrogens with one attached hydrogen (secondary N) is 1. The van der Waals surface area contributed by atoms with Gasteiger partial charge in [-0.3, -0.25) is 4.79 Å². The maximum absolute atomic E-state index is 14.2. The summed E-state index contributed by atoms with van der Waals surface area (Å²) in [6, 6.07) is 4.48. The molecule has 1 unspecified atom stereocenters. The van der Waals surface area contributed by atoms with Gasteiger partial charge in [-0.1, -0.05) is 35.3 Å². The summed E-state index contributed by atoms with van der Waals surface area (Å²) >= 11 is 12.2. The Morgan fingerprint density at radius 2 is 1.94 bits per heavy atom. The van der Waals surface area contributed by atoms with E-state index in [1.54, 1.807) is 0 Å². The highest BCUT2D eigenvalue weighted by atomic mass is 35.5. The van der Waals surface area contributed by atoms with Crippen molar-refractivity contribution < 1.29 is 18.7 Å². The van der Waals surface area contributed by atoms with Gasteiger partial charge in [0, 0.05) is 6.20 Å². The van der Waals surface area contributed by atoms with Crippen LogP contribution < -0.4 is 5.32 Å². The monoisotopic (exact) mass is 481 g/mol. The number of pyridine rings is 1. The van der Waals surface area contributed by atoms with Gasteiger partial charge in [-0.2, -0.15) is 10.2 Å². The highest BCUT2D eigenvalue weighted by molar-refractivity contribution is 6.31. The fraction of sp³-hybridized carbons (Fsp3) is 0.333. The van der Waals surface area contributed by atoms with Gasteiger partial charge in [0.05, 0.1) is 34.1 Å². The molecule has 1 saturated carbocycles. The van der Waals surface area contributed by atoms with Crippen LogP contribution in [0.25, 0.3) is 5.69 Å². The van der Waals surface area contributed by atoms with E-state index in [4.69, 9.17) is 23.2 Å². The van der Waals surface area contributed by atoms with Crippen molar-refractivity contribution in [3.8, 4) is 5.69 Å². The minimum atomic E-state index is -1.54. The molecule has 0 bridgehead atoms. The molecule has 168 valence electrons. The van der Waals surface area contributed by atoms with Crippen LogP contribution in [0.3, 0.4) is 0 Å². The number of rotatable bonds is 5. The van der Waals surface area contributed by atoms with Crippen LogP contribution in [0.4, 0.5) is 8.78 Å². The minimum Gasteiger partial charge on any atom is -0.387 e. The van der Waals surface area contributed by atoms with Crippen LogP contribution in [0.15, 0.2) is 42.9 Å². The summed E-state index contributed by atoms with van der Waals surface area (Å²) in [7, 11) is 0. The number of carbonyl (C=O) groups is 1. The second-order valence-electron chi connectivity index (χ2n) is 7.67. The van der Waals surface area contributed by atoms with Crippen molar-refractivity contribution in [3.63, 3.8) is 0 Å². The predicted octanol–water partition coefficient (Wildman–Crippen LogP) is 4.22. The molecule has 0 spiro atoms. The largest absolute Gasteiger partial charge is 0.387 e. The number of halogens is 4. The molecule has 7 nitrogen and oxygen atoms in total.